The van der Waals surface area contributed by atoms with Crippen molar-refractivity contribution >= 4 is 11.9 Å². The van der Waals surface area contributed by atoms with E-state index in [9.17, 15) is 14.7 Å². The highest BCUT2D eigenvalue weighted by Crippen LogP contribution is 2.27. The summed E-state index contributed by atoms with van der Waals surface area (Å²) in [6, 6.07) is 17.8. The fourth-order valence-corrected chi connectivity index (χ4v) is 3.29. The van der Waals surface area contributed by atoms with Gasteiger partial charge in [-0.2, -0.15) is 0 Å². The van der Waals surface area contributed by atoms with Crippen molar-refractivity contribution in [3.8, 4) is 0 Å². The zero-order valence-electron chi connectivity index (χ0n) is 15.2. The van der Waals surface area contributed by atoms with Crippen molar-refractivity contribution in [3.63, 3.8) is 0 Å². The van der Waals surface area contributed by atoms with Crippen molar-refractivity contribution in [2.45, 2.75) is 38.3 Å². The van der Waals surface area contributed by atoms with E-state index in [1.807, 2.05) is 36.4 Å². The smallest absolute Gasteiger partial charge is 0.338 e. The van der Waals surface area contributed by atoms with Crippen LogP contribution < -0.4 is 0 Å². The van der Waals surface area contributed by atoms with E-state index < -0.39 is 24.3 Å². The zero-order valence-corrected chi connectivity index (χ0v) is 15.2. The Bertz CT molecular complexity index is 765. The number of likely N-dealkylation sites (tertiary alicyclic amines) is 1. The van der Waals surface area contributed by atoms with Crippen LogP contribution in [0, 0.1) is 0 Å². The fourth-order valence-electron chi connectivity index (χ4n) is 3.29. The summed E-state index contributed by atoms with van der Waals surface area (Å²) in [6.45, 7) is 1.92. The van der Waals surface area contributed by atoms with E-state index in [0.29, 0.717) is 12.2 Å². The number of carbonyl (C=O) groups excluding carboxylic acids is 2. The molecule has 2 aromatic carbocycles. The first-order valence-electron chi connectivity index (χ1n) is 8.91. The Labute approximate surface area is 158 Å². The number of carbonyl (C=O) groups is 2. The minimum absolute atomic E-state index is 0.164. The number of nitrogens with zero attached hydrogens (tertiary/aromatic N) is 1. The summed E-state index contributed by atoms with van der Waals surface area (Å²) in [5.74, 6) is -0.764. The third-order valence-corrected chi connectivity index (χ3v) is 4.58. The summed E-state index contributed by atoms with van der Waals surface area (Å²) in [4.78, 5) is 25.7. The Kier molecular flexibility index (Phi) is 6.21. The Balaban J connectivity index is 1.67. The predicted molar refractivity (Wildman–Crippen MR) is 98.7 cm³/mol. The summed E-state index contributed by atoms with van der Waals surface area (Å²) >= 11 is 0. The van der Waals surface area contributed by atoms with E-state index in [0.717, 1.165) is 5.56 Å². The number of ether oxygens (including phenoxy) is 2. The summed E-state index contributed by atoms with van der Waals surface area (Å²) in [5.41, 5.74) is 1.43. The molecule has 1 fully saturated rings. The summed E-state index contributed by atoms with van der Waals surface area (Å²) < 4.78 is 11.3. The molecule has 0 aromatic heterocycles. The minimum atomic E-state index is -0.999. The van der Waals surface area contributed by atoms with Gasteiger partial charge in [0.05, 0.1) is 24.8 Å². The molecule has 0 aliphatic carbocycles. The number of esters is 1. The molecule has 2 aromatic rings. The third kappa shape index (κ3) is 4.72. The molecular weight excluding hydrogens is 346 g/mol. The number of benzene rings is 2. The molecule has 27 heavy (non-hydrogen) atoms. The quantitative estimate of drug-likeness (QED) is 0.791. The second-order valence-corrected chi connectivity index (χ2v) is 6.52. The van der Waals surface area contributed by atoms with Crippen LogP contribution in [0.5, 0.6) is 0 Å². The normalized spacial score (nSPS) is 21.9. The molecule has 1 amide bonds. The number of rotatable bonds is 6. The fraction of sp³-hybridized carbons (Fsp3) is 0.333. The van der Waals surface area contributed by atoms with E-state index in [1.165, 1.54) is 11.8 Å². The van der Waals surface area contributed by atoms with E-state index in [-0.39, 0.29) is 18.9 Å². The van der Waals surface area contributed by atoms with Gasteiger partial charge in [0.25, 0.3) is 0 Å². The first-order valence-corrected chi connectivity index (χ1v) is 8.91. The Morgan fingerprint density at radius 1 is 1.07 bits per heavy atom. The highest BCUT2D eigenvalue weighted by atomic mass is 16.6. The number of hydrogen-bond acceptors (Lipinski definition) is 5. The molecule has 1 unspecified atom stereocenters. The molecule has 0 saturated carbocycles. The molecule has 0 bridgehead atoms. The van der Waals surface area contributed by atoms with Gasteiger partial charge in [0.15, 0.2) is 0 Å². The van der Waals surface area contributed by atoms with Crippen LogP contribution in [0.25, 0.3) is 0 Å². The lowest BCUT2D eigenvalue weighted by Gasteiger charge is -2.28. The lowest BCUT2D eigenvalue weighted by atomic mass is 10.1. The highest BCUT2D eigenvalue weighted by molar-refractivity contribution is 5.89. The lowest BCUT2D eigenvalue weighted by Crippen LogP contribution is -2.45. The Morgan fingerprint density at radius 2 is 1.70 bits per heavy atom. The van der Waals surface area contributed by atoms with Gasteiger partial charge < -0.3 is 19.5 Å². The van der Waals surface area contributed by atoms with E-state index >= 15 is 0 Å². The second-order valence-electron chi connectivity index (χ2n) is 6.52. The van der Waals surface area contributed by atoms with Crippen molar-refractivity contribution < 1.29 is 24.2 Å². The van der Waals surface area contributed by atoms with Gasteiger partial charge in [-0.15, -0.1) is 0 Å². The van der Waals surface area contributed by atoms with Crippen molar-refractivity contribution in [2.75, 3.05) is 6.61 Å². The average Bonchev–Trinajstić information content (AvgIpc) is 2.98. The predicted octanol–water partition coefficient (Wildman–Crippen LogP) is 2.37. The van der Waals surface area contributed by atoms with Gasteiger partial charge in [-0.1, -0.05) is 48.5 Å². The first kappa shape index (κ1) is 19.1. The van der Waals surface area contributed by atoms with E-state index in [2.05, 4.69) is 0 Å². The molecule has 1 heterocycles. The van der Waals surface area contributed by atoms with Crippen LogP contribution in [0.15, 0.2) is 60.7 Å². The zero-order chi connectivity index (χ0) is 19.2. The lowest BCUT2D eigenvalue weighted by molar-refractivity contribution is -0.141. The average molecular weight is 369 g/mol. The Hall–Kier alpha value is -2.70. The van der Waals surface area contributed by atoms with Gasteiger partial charge in [-0.05, 0) is 17.7 Å². The molecule has 6 heteroatoms. The maximum Gasteiger partial charge on any atom is 0.338 e. The number of aliphatic hydroxyl groups excluding tert-OH is 1. The monoisotopic (exact) mass is 369 g/mol. The van der Waals surface area contributed by atoms with Crippen LogP contribution >= 0.6 is 0 Å². The van der Waals surface area contributed by atoms with Crippen molar-refractivity contribution in [2.24, 2.45) is 0 Å². The molecule has 142 valence electrons. The van der Waals surface area contributed by atoms with Gasteiger partial charge in [0, 0.05) is 13.3 Å². The third-order valence-electron chi connectivity index (χ3n) is 4.58. The molecule has 1 aliphatic rings. The van der Waals surface area contributed by atoms with Gasteiger partial charge in [0.1, 0.15) is 12.3 Å². The van der Waals surface area contributed by atoms with Gasteiger partial charge >= 0.3 is 5.97 Å². The molecule has 1 saturated heterocycles. The van der Waals surface area contributed by atoms with E-state index in [4.69, 9.17) is 9.47 Å². The van der Waals surface area contributed by atoms with Crippen molar-refractivity contribution in [1.82, 2.24) is 4.90 Å². The van der Waals surface area contributed by atoms with Crippen LogP contribution in [-0.2, 0) is 20.9 Å². The number of hydrogen-bond donors (Lipinski definition) is 1. The number of amides is 1. The maximum atomic E-state index is 12.4. The number of aliphatic hydroxyl groups is 1. The maximum absolute atomic E-state index is 12.4. The molecule has 6 nitrogen and oxygen atoms in total. The van der Waals surface area contributed by atoms with Crippen LogP contribution in [-0.4, -0.2) is 46.9 Å². The molecular formula is C21H23NO5. The van der Waals surface area contributed by atoms with Crippen LogP contribution in [0.1, 0.15) is 29.3 Å². The second kappa shape index (κ2) is 8.79. The first-order chi connectivity index (χ1) is 13.1. The highest BCUT2D eigenvalue weighted by Gasteiger charge is 2.44. The largest absolute Gasteiger partial charge is 0.456 e. The van der Waals surface area contributed by atoms with Crippen molar-refractivity contribution in [1.29, 1.82) is 0 Å². The van der Waals surface area contributed by atoms with Gasteiger partial charge in [-0.3, -0.25) is 4.79 Å². The molecule has 1 aliphatic heterocycles. The van der Waals surface area contributed by atoms with Gasteiger partial charge in [-0.25, -0.2) is 4.79 Å². The summed E-state index contributed by atoms with van der Waals surface area (Å²) in [5, 5.41) is 10.3. The molecule has 0 spiro atoms. The van der Waals surface area contributed by atoms with Crippen LogP contribution in [0.3, 0.4) is 0 Å². The summed E-state index contributed by atoms with van der Waals surface area (Å²) in [7, 11) is 0. The summed E-state index contributed by atoms with van der Waals surface area (Å²) in [6.07, 6.45) is -1.47. The Morgan fingerprint density at radius 3 is 2.33 bits per heavy atom. The molecule has 1 N–H and O–H groups in total. The standard InChI is InChI=1S/C21H23NO5/c1-15(23)22-18(14-26-13-16-8-4-2-5-9-16)19(12-20(22)24)27-21(25)17-10-6-3-7-11-17/h2-11,18-20,24H,12-14H2,1H3/t18-,19+,20?/m1/s1. The molecule has 3 rings (SSSR count). The SMILES string of the molecule is CC(=O)N1C(O)C[C@H](OC(=O)c2ccccc2)[C@H]1COCc1ccccc1. The van der Waals surface area contributed by atoms with Crippen LogP contribution in [0.2, 0.25) is 0 Å². The van der Waals surface area contributed by atoms with Crippen LogP contribution in [0.4, 0.5) is 0 Å². The minimum Gasteiger partial charge on any atom is -0.456 e. The van der Waals surface area contributed by atoms with E-state index in [1.54, 1.807) is 24.3 Å². The molecule has 0 radical (unpaired) electrons. The van der Waals surface area contributed by atoms with Crippen molar-refractivity contribution in [3.05, 3.63) is 71.8 Å². The molecule has 3 atom stereocenters. The van der Waals surface area contributed by atoms with Gasteiger partial charge in [0.2, 0.25) is 5.91 Å². The topological polar surface area (TPSA) is 76.1 Å².